The molecule has 1 aliphatic rings. The van der Waals surface area contributed by atoms with Gasteiger partial charge in [0.1, 0.15) is 12.3 Å². The molecule has 1 N–H and O–H groups in total. The Morgan fingerprint density at radius 1 is 1.45 bits per heavy atom. The standard InChI is InChI=1S/C16H19N3O3/c1-22-14-5-2-4-12(8-14)15-9-13(20)10-19(15)16(21)11-18-7-3-6-17-18/h2-8,13,15,20H,9-11H2,1H3. The van der Waals surface area contributed by atoms with E-state index < -0.39 is 6.10 Å². The van der Waals surface area contributed by atoms with Gasteiger partial charge in [0, 0.05) is 18.9 Å². The molecule has 22 heavy (non-hydrogen) atoms. The van der Waals surface area contributed by atoms with Crippen LogP contribution in [0.4, 0.5) is 0 Å². The third-order valence-electron chi connectivity index (χ3n) is 3.93. The van der Waals surface area contributed by atoms with Crippen LogP contribution in [0, 0.1) is 0 Å². The van der Waals surface area contributed by atoms with Crippen molar-refractivity contribution in [1.82, 2.24) is 14.7 Å². The first-order valence-electron chi connectivity index (χ1n) is 7.26. The summed E-state index contributed by atoms with van der Waals surface area (Å²) in [7, 11) is 1.61. The van der Waals surface area contributed by atoms with Crippen molar-refractivity contribution in [3.8, 4) is 5.75 Å². The maximum absolute atomic E-state index is 12.5. The van der Waals surface area contributed by atoms with Crippen molar-refractivity contribution in [3.63, 3.8) is 0 Å². The number of aromatic nitrogens is 2. The van der Waals surface area contributed by atoms with Gasteiger partial charge in [0.2, 0.25) is 5.91 Å². The lowest BCUT2D eigenvalue weighted by Gasteiger charge is -2.25. The minimum atomic E-state index is -0.502. The molecule has 1 aliphatic heterocycles. The third kappa shape index (κ3) is 2.96. The number of rotatable bonds is 4. The van der Waals surface area contributed by atoms with Crippen molar-refractivity contribution in [3.05, 3.63) is 48.3 Å². The number of carbonyl (C=O) groups excluding carboxylic acids is 1. The number of carbonyl (C=O) groups is 1. The SMILES string of the molecule is COc1cccc(C2CC(O)CN2C(=O)Cn2cccn2)c1. The zero-order valence-corrected chi connectivity index (χ0v) is 12.4. The molecule has 2 unspecified atom stereocenters. The van der Waals surface area contributed by atoms with Gasteiger partial charge in [0.15, 0.2) is 0 Å². The predicted octanol–water partition coefficient (Wildman–Crippen LogP) is 1.23. The summed E-state index contributed by atoms with van der Waals surface area (Å²) in [6, 6.07) is 9.29. The van der Waals surface area contributed by atoms with Crippen LogP contribution in [0.3, 0.4) is 0 Å². The van der Waals surface area contributed by atoms with E-state index in [1.807, 2.05) is 24.3 Å². The van der Waals surface area contributed by atoms with Gasteiger partial charge in [0.25, 0.3) is 0 Å². The Morgan fingerprint density at radius 3 is 3.05 bits per heavy atom. The van der Waals surface area contributed by atoms with Gasteiger partial charge < -0.3 is 14.7 Å². The second-order valence-corrected chi connectivity index (χ2v) is 5.43. The van der Waals surface area contributed by atoms with Crippen molar-refractivity contribution >= 4 is 5.91 Å². The number of hydrogen-bond donors (Lipinski definition) is 1. The molecule has 6 heteroatoms. The lowest BCUT2D eigenvalue weighted by Crippen LogP contribution is -2.34. The fraction of sp³-hybridized carbons (Fsp3) is 0.375. The van der Waals surface area contributed by atoms with E-state index in [2.05, 4.69) is 5.10 Å². The Morgan fingerprint density at radius 2 is 2.32 bits per heavy atom. The molecule has 2 atom stereocenters. The van der Waals surface area contributed by atoms with E-state index in [0.717, 1.165) is 11.3 Å². The quantitative estimate of drug-likeness (QED) is 0.922. The highest BCUT2D eigenvalue weighted by atomic mass is 16.5. The fourth-order valence-electron chi connectivity index (χ4n) is 2.88. The number of hydrogen-bond acceptors (Lipinski definition) is 4. The van der Waals surface area contributed by atoms with Gasteiger partial charge in [0.05, 0.1) is 19.3 Å². The van der Waals surface area contributed by atoms with Crippen LogP contribution in [0.15, 0.2) is 42.7 Å². The van der Waals surface area contributed by atoms with Crippen molar-refractivity contribution in [2.75, 3.05) is 13.7 Å². The van der Waals surface area contributed by atoms with Crippen LogP contribution in [0.5, 0.6) is 5.75 Å². The van der Waals surface area contributed by atoms with E-state index in [4.69, 9.17) is 4.74 Å². The average Bonchev–Trinajstić information content (AvgIpc) is 3.16. The van der Waals surface area contributed by atoms with E-state index >= 15 is 0 Å². The predicted molar refractivity (Wildman–Crippen MR) is 80.3 cm³/mol. The van der Waals surface area contributed by atoms with E-state index in [0.29, 0.717) is 13.0 Å². The maximum Gasteiger partial charge on any atom is 0.244 e. The summed E-state index contributed by atoms with van der Waals surface area (Å²) in [6.07, 6.45) is 3.44. The highest BCUT2D eigenvalue weighted by Crippen LogP contribution is 2.33. The number of ether oxygens (including phenoxy) is 1. The van der Waals surface area contributed by atoms with Crippen LogP contribution in [0.1, 0.15) is 18.0 Å². The molecule has 1 fully saturated rings. The summed E-state index contributed by atoms with van der Waals surface area (Å²) in [6.45, 7) is 0.530. The fourth-order valence-corrected chi connectivity index (χ4v) is 2.88. The minimum Gasteiger partial charge on any atom is -0.497 e. The normalized spacial score (nSPS) is 21.1. The van der Waals surface area contributed by atoms with Crippen LogP contribution in [-0.4, -0.2) is 45.5 Å². The molecule has 116 valence electrons. The second kappa shape index (κ2) is 6.19. The highest BCUT2D eigenvalue weighted by molar-refractivity contribution is 5.77. The highest BCUT2D eigenvalue weighted by Gasteiger charge is 2.35. The number of aliphatic hydroxyl groups excluding tert-OH is 1. The summed E-state index contributed by atoms with van der Waals surface area (Å²) >= 11 is 0. The van der Waals surface area contributed by atoms with Crippen molar-refractivity contribution < 1.29 is 14.6 Å². The van der Waals surface area contributed by atoms with Gasteiger partial charge in [-0.05, 0) is 30.2 Å². The molecule has 0 spiro atoms. The first-order chi connectivity index (χ1) is 10.7. The molecule has 1 saturated heterocycles. The second-order valence-electron chi connectivity index (χ2n) is 5.43. The van der Waals surface area contributed by atoms with Crippen LogP contribution in [0.2, 0.25) is 0 Å². The third-order valence-corrected chi connectivity index (χ3v) is 3.93. The Labute approximate surface area is 128 Å². The summed E-state index contributed by atoms with van der Waals surface area (Å²) in [5.74, 6) is 0.700. The van der Waals surface area contributed by atoms with Crippen LogP contribution in [-0.2, 0) is 11.3 Å². The Kier molecular flexibility index (Phi) is 4.11. The largest absolute Gasteiger partial charge is 0.497 e. The van der Waals surface area contributed by atoms with Crippen molar-refractivity contribution in [2.24, 2.45) is 0 Å². The molecular weight excluding hydrogens is 282 g/mol. The van der Waals surface area contributed by atoms with Crippen LogP contribution >= 0.6 is 0 Å². The molecule has 1 amide bonds. The molecule has 2 heterocycles. The number of β-amino-alcohol motifs (C(OH)–C–C–N with tert-alkyl or cyclic N) is 1. The van der Waals surface area contributed by atoms with Crippen LogP contribution in [0.25, 0.3) is 0 Å². The van der Waals surface area contributed by atoms with Gasteiger partial charge in [-0.15, -0.1) is 0 Å². The van der Waals surface area contributed by atoms with Gasteiger partial charge in [-0.2, -0.15) is 5.10 Å². The van der Waals surface area contributed by atoms with Crippen molar-refractivity contribution in [2.45, 2.75) is 25.1 Å². The van der Waals surface area contributed by atoms with E-state index in [1.54, 1.807) is 35.2 Å². The Balaban J connectivity index is 1.80. The topological polar surface area (TPSA) is 67.6 Å². The number of methoxy groups -OCH3 is 1. The lowest BCUT2D eigenvalue weighted by molar-refractivity contribution is -0.133. The van der Waals surface area contributed by atoms with Gasteiger partial charge in [-0.1, -0.05) is 12.1 Å². The summed E-state index contributed by atoms with van der Waals surface area (Å²) in [5, 5.41) is 14.0. The molecular formula is C16H19N3O3. The smallest absolute Gasteiger partial charge is 0.244 e. The zero-order chi connectivity index (χ0) is 15.5. The number of aliphatic hydroxyl groups is 1. The number of nitrogens with zero attached hydrogens (tertiary/aromatic N) is 3. The summed E-state index contributed by atoms with van der Waals surface area (Å²) in [5.41, 5.74) is 0.977. The van der Waals surface area contributed by atoms with Crippen LogP contribution < -0.4 is 4.74 Å². The average molecular weight is 301 g/mol. The summed E-state index contributed by atoms with van der Waals surface area (Å²) < 4.78 is 6.84. The Hall–Kier alpha value is -2.34. The molecule has 1 aromatic carbocycles. The molecule has 3 rings (SSSR count). The molecule has 1 aromatic heterocycles. The van der Waals surface area contributed by atoms with E-state index in [-0.39, 0.29) is 18.5 Å². The summed E-state index contributed by atoms with van der Waals surface area (Å²) in [4.78, 5) is 14.2. The number of amides is 1. The minimum absolute atomic E-state index is 0.0481. The van der Waals surface area contributed by atoms with E-state index in [9.17, 15) is 9.90 Å². The molecule has 2 aromatic rings. The molecule has 6 nitrogen and oxygen atoms in total. The Bertz CT molecular complexity index is 642. The molecule has 0 aliphatic carbocycles. The molecule has 0 radical (unpaired) electrons. The van der Waals surface area contributed by atoms with Gasteiger partial charge in [-0.25, -0.2) is 0 Å². The maximum atomic E-state index is 12.5. The number of benzene rings is 1. The van der Waals surface area contributed by atoms with Gasteiger partial charge >= 0.3 is 0 Å². The molecule has 0 bridgehead atoms. The zero-order valence-electron chi connectivity index (χ0n) is 12.4. The van der Waals surface area contributed by atoms with E-state index in [1.165, 1.54) is 0 Å². The first-order valence-corrected chi connectivity index (χ1v) is 7.26. The lowest BCUT2D eigenvalue weighted by atomic mass is 10.0. The number of likely N-dealkylation sites (tertiary alicyclic amines) is 1. The molecule has 0 saturated carbocycles. The van der Waals surface area contributed by atoms with Crippen molar-refractivity contribution in [1.29, 1.82) is 0 Å². The monoisotopic (exact) mass is 301 g/mol. The van der Waals surface area contributed by atoms with Gasteiger partial charge in [-0.3, -0.25) is 9.48 Å². The first kappa shape index (κ1) is 14.6.